The van der Waals surface area contributed by atoms with E-state index in [1.165, 1.54) is 24.2 Å². The highest BCUT2D eigenvalue weighted by Crippen LogP contribution is 2.32. The van der Waals surface area contributed by atoms with Crippen LogP contribution in [0.15, 0.2) is 0 Å². The maximum absolute atomic E-state index is 12.4. The second-order valence-electron chi connectivity index (χ2n) is 5.76. The summed E-state index contributed by atoms with van der Waals surface area (Å²) in [6.07, 6.45) is 3.22. The van der Waals surface area contributed by atoms with Crippen LogP contribution in [0.1, 0.15) is 47.1 Å². The highest BCUT2D eigenvalue weighted by molar-refractivity contribution is 7.13. The fourth-order valence-electron chi connectivity index (χ4n) is 2.27. The molecule has 1 aliphatic carbocycles. The maximum Gasteiger partial charge on any atom is 0.263 e. The van der Waals surface area contributed by atoms with Crippen LogP contribution in [-0.2, 0) is 6.42 Å². The van der Waals surface area contributed by atoms with Gasteiger partial charge < -0.3 is 11.1 Å². The Bertz CT molecular complexity index is 461. The predicted molar refractivity (Wildman–Crippen MR) is 92.9 cm³/mol. The van der Waals surface area contributed by atoms with Gasteiger partial charge in [-0.05, 0) is 38.0 Å². The van der Waals surface area contributed by atoms with Crippen molar-refractivity contribution in [1.29, 1.82) is 0 Å². The van der Waals surface area contributed by atoms with Crippen molar-refractivity contribution >= 4 is 42.1 Å². The summed E-state index contributed by atoms with van der Waals surface area (Å²) in [5.74, 6) is 1.09. The zero-order chi connectivity index (χ0) is 14.0. The molecule has 0 spiro atoms. The van der Waals surface area contributed by atoms with E-state index in [0.29, 0.717) is 18.4 Å². The number of hydrogen-bond acceptors (Lipinski definition) is 4. The molecule has 1 saturated carbocycles. The number of aryl methyl sites for hydroxylation is 1. The van der Waals surface area contributed by atoms with Gasteiger partial charge >= 0.3 is 0 Å². The molecule has 21 heavy (non-hydrogen) atoms. The van der Waals surface area contributed by atoms with Gasteiger partial charge in [-0.15, -0.1) is 36.2 Å². The van der Waals surface area contributed by atoms with Crippen molar-refractivity contribution in [2.75, 3.05) is 6.54 Å². The van der Waals surface area contributed by atoms with Gasteiger partial charge in [0.05, 0.1) is 10.7 Å². The standard InChI is InChI=1S/C14H23N3OS.2ClH/c1-8(2)6-11-13(19-9(3)16-11)14(18)17-12(7-15)10-4-5-10;;/h8,10,12H,4-7,15H2,1-3H3,(H,17,18);2*1H. The summed E-state index contributed by atoms with van der Waals surface area (Å²) in [6, 6.07) is 0.127. The summed E-state index contributed by atoms with van der Waals surface area (Å²) in [6.45, 7) is 6.76. The lowest BCUT2D eigenvalue weighted by Crippen LogP contribution is -2.41. The third-order valence-electron chi connectivity index (χ3n) is 3.37. The molecule has 4 nitrogen and oxygen atoms in total. The Balaban J connectivity index is 0.00000200. The zero-order valence-corrected chi connectivity index (χ0v) is 15.2. The van der Waals surface area contributed by atoms with Crippen LogP contribution >= 0.6 is 36.2 Å². The van der Waals surface area contributed by atoms with Crippen molar-refractivity contribution in [3.63, 3.8) is 0 Å². The third-order valence-corrected chi connectivity index (χ3v) is 4.39. The molecule has 1 aromatic rings. The number of nitrogens with zero attached hydrogens (tertiary/aromatic N) is 1. The van der Waals surface area contributed by atoms with Gasteiger partial charge in [-0.2, -0.15) is 0 Å². The Labute approximate surface area is 143 Å². The van der Waals surface area contributed by atoms with E-state index in [9.17, 15) is 4.79 Å². The molecule has 0 aromatic carbocycles. The van der Waals surface area contributed by atoms with Crippen molar-refractivity contribution in [2.45, 2.75) is 46.1 Å². The Morgan fingerprint density at radius 2 is 2.05 bits per heavy atom. The average molecular weight is 354 g/mol. The predicted octanol–water partition coefficient (Wildman–Crippen LogP) is 2.96. The van der Waals surface area contributed by atoms with Crippen LogP contribution in [0, 0.1) is 18.8 Å². The lowest BCUT2D eigenvalue weighted by atomic mass is 10.1. The van der Waals surface area contributed by atoms with Gasteiger partial charge in [0, 0.05) is 12.6 Å². The van der Waals surface area contributed by atoms with E-state index in [2.05, 4.69) is 24.1 Å². The summed E-state index contributed by atoms with van der Waals surface area (Å²) < 4.78 is 0. The topological polar surface area (TPSA) is 68.0 Å². The van der Waals surface area contributed by atoms with Gasteiger partial charge in [0.25, 0.3) is 5.91 Å². The van der Waals surface area contributed by atoms with Gasteiger partial charge in [0.2, 0.25) is 0 Å². The van der Waals surface area contributed by atoms with Crippen molar-refractivity contribution in [3.8, 4) is 0 Å². The first kappa shape index (κ1) is 20.6. The minimum Gasteiger partial charge on any atom is -0.347 e. The fraction of sp³-hybridized carbons (Fsp3) is 0.714. The second kappa shape index (κ2) is 8.93. The molecule has 1 atom stereocenters. The fourth-order valence-corrected chi connectivity index (χ4v) is 3.12. The van der Waals surface area contributed by atoms with Crippen molar-refractivity contribution in [3.05, 3.63) is 15.6 Å². The van der Waals surface area contributed by atoms with Crippen molar-refractivity contribution in [1.82, 2.24) is 10.3 Å². The molecule has 2 rings (SSSR count). The Hall–Kier alpha value is -0.360. The number of halogens is 2. The molecule has 0 radical (unpaired) electrons. The molecular formula is C14H25Cl2N3OS. The van der Waals surface area contributed by atoms with E-state index in [0.717, 1.165) is 22.0 Å². The minimum absolute atomic E-state index is 0. The minimum atomic E-state index is 0. The molecule has 122 valence electrons. The SMILES string of the molecule is Cc1nc(CC(C)C)c(C(=O)NC(CN)C2CC2)s1.Cl.Cl. The monoisotopic (exact) mass is 353 g/mol. The molecule has 0 aliphatic heterocycles. The summed E-state index contributed by atoms with van der Waals surface area (Å²) in [5, 5.41) is 4.03. The first-order valence-electron chi connectivity index (χ1n) is 6.98. The van der Waals surface area contributed by atoms with Gasteiger partial charge in [-0.25, -0.2) is 4.98 Å². The van der Waals surface area contributed by atoms with Crippen molar-refractivity contribution in [2.24, 2.45) is 17.6 Å². The quantitative estimate of drug-likeness (QED) is 0.825. The van der Waals surface area contributed by atoms with Gasteiger partial charge in [0.15, 0.2) is 0 Å². The number of aromatic nitrogens is 1. The molecular weight excluding hydrogens is 329 g/mol. The zero-order valence-electron chi connectivity index (χ0n) is 12.7. The number of carbonyl (C=O) groups excluding carboxylic acids is 1. The summed E-state index contributed by atoms with van der Waals surface area (Å²) in [5.41, 5.74) is 6.67. The molecule has 1 aliphatic rings. The summed E-state index contributed by atoms with van der Waals surface area (Å²) >= 11 is 1.49. The number of nitrogens with one attached hydrogen (secondary N) is 1. The number of carbonyl (C=O) groups is 1. The van der Waals surface area contributed by atoms with Crippen LogP contribution in [-0.4, -0.2) is 23.5 Å². The first-order valence-corrected chi connectivity index (χ1v) is 7.80. The summed E-state index contributed by atoms with van der Waals surface area (Å²) in [7, 11) is 0. The maximum atomic E-state index is 12.4. The molecule has 7 heteroatoms. The second-order valence-corrected chi connectivity index (χ2v) is 6.96. The van der Waals surface area contributed by atoms with Crippen LogP contribution in [0.25, 0.3) is 0 Å². The molecule has 1 fully saturated rings. The van der Waals surface area contributed by atoms with Crippen molar-refractivity contribution < 1.29 is 4.79 Å². The molecule has 1 aromatic heterocycles. The Morgan fingerprint density at radius 1 is 1.43 bits per heavy atom. The number of nitrogens with two attached hydrogens (primary N) is 1. The van der Waals surface area contributed by atoms with E-state index in [-0.39, 0.29) is 36.8 Å². The Morgan fingerprint density at radius 3 is 2.52 bits per heavy atom. The highest BCUT2D eigenvalue weighted by Gasteiger charge is 2.32. The number of thiazole rings is 1. The van der Waals surface area contributed by atoms with Crippen LogP contribution in [0.3, 0.4) is 0 Å². The van der Waals surface area contributed by atoms with Crippen LogP contribution < -0.4 is 11.1 Å². The molecule has 0 bridgehead atoms. The summed E-state index contributed by atoms with van der Waals surface area (Å²) in [4.78, 5) is 17.6. The highest BCUT2D eigenvalue weighted by atomic mass is 35.5. The Kier molecular flexibility index (Phi) is 8.78. The van der Waals surface area contributed by atoms with Gasteiger partial charge in [-0.3, -0.25) is 4.79 Å². The number of hydrogen-bond donors (Lipinski definition) is 2. The smallest absolute Gasteiger partial charge is 0.263 e. The normalized spacial score (nSPS) is 15.1. The third kappa shape index (κ3) is 5.74. The average Bonchev–Trinajstić information content (AvgIpc) is 3.10. The molecule has 0 saturated heterocycles. The molecule has 1 heterocycles. The lowest BCUT2D eigenvalue weighted by Gasteiger charge is -2.15. The first-order chi connectivity index (χ1) is 9.01. The van der Waals surface area contributed by atoms with E-state index in [1.807, 2.05) is 6.92 Å². The van der Waals surface area contributed by atoms with Crippen LogP contribution in [0.4, 0.5) is 0 Å². The molecule has 3 N–H and O–H groups in total. The number of amides is 1. The van der Waals surface area contributed by atoms with E-state index >= 15 is 0 Å². The van der Waals surface area contributed by atoms with Gasteiger partial charge in [0.1, 0.15) is 4.88 Å². The number of rotatable bonds is 6. The van der Waals surface area contributed by atoms with E-state index in [1.54, 1.807) is 0 Å². The van der Waals surface area contributed by atoms with E-state index < -0.39 is 0 Å². The lowest BCUT2D eigenvalue weighted by molar-refractivity contribution is 0.0936. The molecule has 1 unspecified atom stereocenters. The van der Waals surface area contributed by atoms with Gasteiger partial charge in [-0.1, -0.05) is 13.8 Å². The van der Waals surface area contributed by atoms with Crippen LogP contribution in [0.5, 0.6) is 0 Å². The largest absolute Gasteiger partial charge is 0.347 e. The van der Waals surface area contributed by atoms with E-state index in [4.69, 9.17) is 5.73 Å². The molecule has 1 amide bonds. The van der Waals surface area contributed by atoms with Crippen LogP contribution in [0.2, 0.25) is 0 Å².